The quantitative estimate of drug-likeness (QED) is 0.890. The molecule has 0 amide bonds. The highest BCUT2D eigenvalue weighted by atomic mass is 15.1. The molecule has 1 heterocycles. The van der Waals surface area contributed by atoms with Crippen LogP contribution in [-0.4, -0.2) is 16.1 Å². The zero-order chi connectivity index (χ0) is 13.2. The van der Waals surface area contributed by atoms with Gasteiger partial charge in [-0.05, 0) is 43.1 Å². The number of imidazole rings is 1. The van der Waals surface area contributed by atoms with Crippen LogP contribution in [0.5, 0.6) is 0 Å². The molecule has 102 valence electrons. The second-order valence-corrected chi connectivity index (χ2v) is 6.43. The van der Waals surface area contributed by atoms with Gasteiger partial charge in [-0.2, -0.15) is 0 Å². The Bertz CT molecular complexity index is 356. The normalized spacial score (nSPS) is 29.4. The van der Waals surface area contributed by atoms with Gasteiger partial charge in [-0.15, -0.1) is 0 Å². The highest BCUT2D eigenvalue weighted by molar-refractivity contribution is 4.92. The van der Waals surface area contributed by atoms with E-state index in [1.54, 1.807) is 0 Å². The fourth-order valence-electron chi connectivity index (χ4n) is 3.31. The fraction of sp³-hybridized carbons (Fsp3) is 0.800. The summed E-state index contributed by atoms with van der Waals surface area (Å²) in [5, 5.41) is 0. The Balaban J connectivity index is 2.15. The van der Waals surface area contributed by atoms with E-state index in [1.807, 2.05) is 12.5 Å². The minimum atomic E-state index is 0.443. The zero-order valence-corrected chi connectivity index (χ0v) is 12.0. The Morgan fingerprint density at radius 2 is 2.17 bits per heavy atom. The first kappa shape index (κ1) is 13.6. The van der Waals surface area contributed by atoms with Gasteiger partial charge in [-0.25, -0.2) is 4.98 Å². The van der Waals surface area contributed by atoms with Crippen molar-refractivity contribution in [2.24, 2.45) is 23.0 Å². The van der Waals surface area contributed by atoms with Gasteiger partial charge in [-0.1, -0.05) is 27.2 Å². The molecule has 1 aromatic heterocycles. The van der Waals surface area contributed by atoms with Crippen molar-refractivity contribution in [1.29, 1.82) is 0 Å². The molecule has 0 saturated heterocycles. The number of rotatable bonds is 4. The molecule has 2 N–H and O–H groups in total. The lowest BCUT2D eigenvalue weighted by Gasteiger charge is -2.43. The van der Waals surface area contributed by atoms with Crippen molar-refractivity contribution in [3.8, 4) is 0 Å². The van der Waals surface area contributed by atoms with Crippen LogP contribution in [0, 0.1) is 17.3 Å². The van der Waals surface area contributed by atoms with Crippen molar-refractivity contribution >= 4 is 0 Å². The summed E-state index contributed by atoms with van der Waals surface area (Å²) in [6.07, 6.45) is 11.0. The number of hydrogen-bond acceptors (Lipinski definition) is 2. The molecule has 0 aromatic carbocycles. The van der Waals surface area contributed by atoms with Gasteiger partial charge in [-0.3, -0.25) is 0 Å². The summed E-state index contributed by atoms with van der Waals surface area (Å²) in [5.74, 6) is 1.42. The van der Waals surface area contributed by atoms with Crippen LogP contribution >= 0.6 is 0 Å². The van der Waals surface area contributed by atoms with Gasteiger partial charge in [0.2, 0.25) is 0 Å². The Kier molecular flexibility index (Phi) is 4.10. The molecule has 1 fully saturated rings. The average Bonchev–Trinajstić information content (AvgIpc) is 2.91. The van der Waals surface area contributed by atoms with Crippen LogP contribution in [0.4, 0.5) is 0 Å². The highest BCUT2D eigenvalue weighted by Gasteiger charge is 2.37. The van der Waals surface area contributed by atoms with Gasteiger partial charge in [0, 0.05) is 18.4 Å². The summed E-state index contributed by atoms with van der Waals surface area (Å²) >= 11 is 0. The number of hydrogen-bond donors (Lipinski definition) is 1. The van der Waals surface area contributed by atoms with Crippen molar-refractivity contribution in [2.45, 2.75) is 52.5 Å². The summed E-state index contributed by atoms with van der Waals surface area (Å²) in [7, 11) is 0. The van der Waals surface area contributed by atoms with Gasteiger partial charge in [0.1, 0.15) is 0 Å². The molecule has 1 saturated carbocycles. The molecule has 2 rings (SSSR count). The van der Waals surface area contributed by atoms with Crippen molar-refractivity contribution in [3.05, 3.63) is 18.7 Å². The van der Waals surface area contributed by atoms with E-state index in [0.717, 1.165) is 12.5 Å². The van der Waals surface area contributed by atoms with Crippen molar-refractivity contribution in [3.63, 3.8) is 0 Å². The van der Waals surface area contributed by atoms with E-state index in [4.69, 9.17) is 5.73 Å². The summed E-state index contributed by atoms with van der Waals surface area (Å²) in [6.45, 7) is 7.92. The van der Waals surface area contributed by atoms with Crippen LogP contribution in [0.2, 0.25) is 0 Å². The third-order valence-corrected chi connectivity index (χ3v) is 5.18. The first-order chi connectivity index (χ1) is 8.58. The minimum absolute atomic E-state index is 0.443. The van der Waals surface area contributed by atoms with Crippen LogP contribution in [-0.2, 0) is 0 Å². The van der Waals surface area contributed by atoms with Gasteiger partial charge in [0.25, 0.3) is 0 Å². The Labute approximate surface area is 111 Å². The third-order valence-electron chi connectivity index (χ3n) is 5.18. The second kappa shape index (κ2) is 5.43. The number of nitrogens with two attached hydrogens (primary N) is 1. The standard InChI is InChI=1S/C15H27N3/c1-4-15(2,3)13-6-5-12(10-16)14(9-13)18-8-7-17-11-18/h7-8,11-14H,4-6,9-10,16H2,1-3H3. The van der Waals surface area contributed by atoms with Gasteiger partial charge in [0.05, 0.1) is 6.33 Å². The molecule has 3 atom stereocenters. The maximum absolute atomic E-state index is 5.95. The van der Waals surface area contributed by atoms with E-state index in [9.17, 15) is 0 Å². The van der Waals surface area contributed by atoms with E-state index < -0.39 is 0 Å². The van der Waals surface area contributed by atoms with E-state index in [1.165, 1.54) is 25.7 Å². The average molecular weight is 249 g/mol. The van der Waals surface area contributed by atoms with Crippen LogP contribution < -0.4 is 5.73 Å². The molecule has 3 unspecified atom stereocenters. The van der Waals surface area contributed by atoms with Gasteiger partial charge >= 0.3 is 0 Å². The SMILES string of the molecule is CCC(C)(C)C1CCC(CN)C(n2ccnc2)C1. The van der Waals surface area contributed by atoms with Crippen LogP contribution in [0.1, 0.15) is 52.5 Å². The maximum Gasteiger partial charge on any atom is 0.0948 e. The summed E-state index contributed by atoms with van der Waals surface area (Å²) in [6, 6.07) is 0.544. The van der Waals surface area contributed by atoms with Crippen LogP contribution in [0.3, 0.4) is 0 Å². The number of nitrogens with zero attached hydrogens (tertiary/aromatic N) is 2. The van der Waals surface area contributed by atoms with Crippen molar-refractivity contribution in [2.75, 3.05) is 6.54 Å². The second-order valence-electron chi connectivity index (χ2n) is 6.43. The zero-order valence-electron chi connectivity index (χ0n) is 12.0. The van der Waals surface area contributed by atoms with Crippen LogP contribution in [0.25, 0.3) is 0 Å². The fourth-order valence-corrected chi connectivity index (χ4v) is 3.31. The Morgan fingerprint density at radius 1 is 1.39 bits per heavy atom. The molecule has 0 spiro atoms. The topological polar surface area (TPSA) is 43.8 Å². The largest absolute Gasteiger partial charge is 0.334 e. The summed E-state index contributed by atoms with van der Waals surface area (Å²) in [4.78, 5) is 4.20. The molecule has 0 aliphatic heterocycles. The molecular formula is C15H27N3. The van der Waals surface area contributed by atoms with Gasteiger partial charge in [0.15, 0.2) is 0 Å². The lowest BCUT2D eigenvalue weighted by Crippen LogP contribution is -2.36. The number of aromatic nitrogens is 2. The van der Waals surface area contributed by atoms with E-state index in [-0.39, 0.29) is 0 Å². The first-order valence-electron chi connectivity index (χ1n) is 7.26. The predicted octanol–water partition coefficient (Wildman–Crippen LogP) is 3.24. The van der Waals surface area contributed by atoms with E-state index >= 15 is 0 Å². The van der Waals surface area contributed by atoms with Crippen molar-refractivity contribution < 1.29 is 0 Å². The Hall–Kier alpha value is -0.830. The lowest BCUT2D eigenvalue weighted by molar-refractivity contribution is 0.0901. The molecule has 3 nitrogen and oxygen atoms in total. The molecule has 3 heteroatoms. The molecule has 0 bridgehead atoms. The summed E-state index contributed by atoms with van der Waals surface area (Å²) in [5.41, 5.74) is 6.40. The Morgan fingerprint density at radius 3 is 2.72 bits per heavy atom. The first-order valence-corrected chi connectivity index (χ1v) is 7.26. The van der Waals surface area contributed by atoms with Crippen molar-refractivity contribution in [1.82, 2.24) is 9.55 Å². The van der Waals surface area contributed by atoms with E-state index in [0.29, 0.717) is 17.4 Å². The van der Waals surface area contributed by atoms with Gasteiger partial charge < -0.3 is 10.3 Å². The molecule has 1 aliphatic rings. The molecular weight excluding hydrogens is 222 g/mol. The molecule has 18 heavy (non-hydrogen) atoms. The molecule has 1 aromatic rings. The molecule has 0 radical (unpaired) electrons. The predicted molar refractivity (Wildman–Crippen MR) is 75.2 cm³/mol. The summed E-state index contributed by atoms with van der Waals surface area (Å²) < 4.78 is 2.27. The van der Waals surface area contributed by atoms with E-state index in [2.05, 4.69) is 36.5 Å². The third kappa shape index (κ3) is 2.61. The highest BCUT2D eigenvalue weighted by Crippen LogP contribution is 2.45. The minimum Gasteiger partial charge on any atom is -0.334 e. The monoisotopic (exact) mass is 249 g/mol. The van der Waals surface area contributed by atoms with Crippen LogP contribution in [0.15, 0.2) is 18.7 Å². The lowest BCUT2D eigenvalue weighted by atomic mass is 9.66. The smallest absolute Gasteiger partial charge is 0.0948 e. The maximum atomic E-state index is 5.95. The molecule has 1 aliphatic carbocycles.